The molecule has 0 heterocycles. The van der Waals surface area contributed by atoms with Gasteiger partial charge < -0.3 is 15.0 Å². The summed E-state index contributed by atoms with van der Waals surface area (Å²) in [6, 6.07) is 16.7. The zero-order valence-electron chi connectivity index (χ0n) is 24.4. The molecule has 0 aliphatic carbocycles. The fraction of sp³-hybridized carbons (Fsp3) is 0.355. The molecule has 0 aliphatic heterocycles. The highest BCUT2D eigenvalue weighted by atomic mass is 35.5. The quantitative estimate of drug-likeness (QED) is 0.241. The van der Waals surface area contributed by atoms with Gasteiger partial charge in [-0.05, 0) is 88.2 Å². The van der Waals surface area contributed by atoms with Crippen LogP contribution in [-0.2, 0) is 26.2 Å². The number of hydrogen-bond donors (Lipinski definition) is 1. The van der Waals surface area contributed by atoms with Gasteiger partial charge in [0.2, 0.25) is 11.8 Å². The number of carbonyl (C=O) groups excluding carboxylic acids is 2. The van der Waals surface area contributed by atoms with Crippen LogP contribution in [0.4, 0.5) is 5.69 Å². The molecule has 8 nitrogen and oxygen atoms in total. The molecule has 1 N–H and O–H groups in total. The fourth-order valence-corrected chi connectivity index (χ4v) is 6.26. The number of nitrogens with zero attached hydrogens (tertiary/aromatic N) is 2. The molecule has 0 spiro atoms. The number of carbonyl (C=O) groups is 2. The number of amides is 2. The van der Waals surface area contributed by atoms with Gasteiger partial charge in [-0.3, -0.25) is 13.9 Å². The molecule has 0 bridgehead atoms. The number of ether oxygens (including phenoxy) is 1. The van der Waals surface area contributed by atoms with Crippen LogP contribution < -0.4 is 14.4 Å². The summed E-state index contributed by atoms with van der Waals surface area (Å²) in [6.45, 7) is 9.02. The van der Waals surface area contributed by atoms with Crippen molar-refractivity contribution in [2.24, 2.45) is 0 Å². The molecule has 1 atom stereocenters. The molecular formula is C31H37Cl2N3O5S. The van der Waals surface area contributed by atoms with Crippen LogP contribution in [-0.4, -0.2) is 50.4 Å². The molecule has 0 aromatic heterocycles. The normalized spacial score (nSPS) is 12.1. The highest BCUT2D eigenvalue weighted by molar-refractivity contribution is 7.92. The first kappa shape index (κ1) is 33.2. The maximum Gasteiger partial charge on any atom is 0.264 e. The van der Waals surface area contributed by atoms with Crippen LogP contribution in [0, 0.1) is 6.92 Å². The first-order chi connectivity index (χ1) is 19.9. The second-order valence-electron chi connectivity index (χ2n) is 10.1. The van der Waals surface area contributed by atoms with Crippen molar-refractivity contribution in [3.05, 3.63) is 87.9 Å². The van der Waals surface area contributed by atoms with E-state index < -0.39 is 28.5 Å². The van der Waals surface area contributed by atoms with Gasteiger partial charge in [-0.2, -0.15) is 0 Å². The smallest absolute Gasteiger partial charge is 0.264 e. The first-order valence-electron chi connectivity index (χ1n) is 13.7. The summed E-state index contributed by atoms with van der Waals surface area (Å²) >= 11 is 12.5. The zero-order valence-corrected chi connectivity index (χ0v) is 26.8. The minimum absolute atomic E-state index is 0.0272. The lowest BCUT2D eigenvalue weighted by Gasteiger charge is -2.33. The van der Waals surface area contributed by atoms with Crippen LogP contribution in [0.2, 0.25) is 10.0 Å². The molecule has 2 amide bonds. The Labute approximate surface area is 258 Å². The van der Waals surface area contributed by atoms with Gasteiger partial charge >= 0.3 is 0 Å². The SMILES string of the molecule is CCOc1ccc(N(CC(=O)N(Cc2ccc(Cl)cc2Cl)C(CC)C(=O)NC(C)C)S(=O)(=O)c2ccc(C)cc2)cc1. The van der Waals surface area contributed by atoms with E-state index in [1.54, 1.807) is 61.5 Å². The highest BCUT2D eigenvalue weighted by Gasteiger charge is 2.34. The van der Waals surface area contributed by atoms with Crippen LogP contribution >= 0.6 is 23.2 Å². The number of sulfonamides is 1. The van der Waals surface area contributed by atoms with E-state index in [0.717, 1.165) is 9.87 Å². The number of aryl methyl sites for hydroxylation is 1. The van der Waals surface area contributed by atoms with E-state index in [9.17, 15) is 18.0 Å². The van der Waals surface area contributed by atoms with Gasteiger partial charge in [0.1, 0.15) is 18.3 Å². The Hall–Kier alpha value is -3.27. The lowest BCUT2D eigenvalue weighted by Crippen LogP contribution is -2.53. The van der Waals surface area contributed by atoms with E-state index in [1.807, 2.05) is 27.7 Å². The van der Waals surface area contributed by atoms with Gasteiger partial charge in [-0.25, -0.2) is 8.42 Å². The average molecular weight is 635 g/mol. The Balaban J connectivity index is 2.09. The van der Waals surface area contributed by atoms with Crippen molar-refractivity contribution in [2.45, 2.75) is 64.6 Å². The predicted octanol–water partition coefficient (Wildman–Crippen LogP) is 6.23. The van der Waals surface area contributed by atoms with E-state index in [0.29, 0.717) is 34.4 Å². The molecule has 11 heteroatoms. The monoisotopic (exact) mass is 633 g/mol. The number of nitrogens with one attached hydrogen (secondary N) is 1. The third-order valence-electron chi connectivity index (χ3n) is 6.50. The Morgan fingerprint density at radius 1 is 0.952 bits per heavy atom. The van der Waals surface area contributed by atoms with Gasteiger partial charge in [0.25, 0.3) is 10.0 Å². The van der Waals surface area contributed by atoms with E-state index in [1.165, 1.54) is 17.0 Å². The number of hydrogen-bond acceptors (Lipinski definition) is 5. The highest BCUT2D eigenvalue weighted by Crippen LogP contribution is 2.28. The van der Waals surface area contributed by atoms with Gasteiger partial charge in [0.05, 0.1) is 17.2 Å². The van der Waals surface area contributed by atoms with Crippen LogP contribution in [0.5, 0.6) is 5.75 Å². The number of halogens is 2. The Kier molecular flexibility index (Phi) is 11.7. The predicted molar refractivity (Wildman–Crippen MR) is 168 cm³/mol. The minimum Gasteiger partial charge on any atom is -0.494 e. The first-order valence-corrected chi connectivity index (χ1v) is 15.9. The third kappa shape index (κ3) is 8.40. The van der Waals surface area contributed by atoms with Crippen LogP contribution in [0.1, 0.15) is 45.2 Å². The van der Waals surface area contributed by atoms with Crippen LogP contribution in [0.3, 0.4) is 0 Å². The summed E-state index contributed by atoms with van der Waals surface area (Å²) in [6.07, 6.45) is 0.295. The maximum atomic E-state index is 14.1. The molecule has 1 unspecified atom stereocenters. The topological polar surface area (TPSA) is 96.0 Å². The molecule has 0 fully saturated rings. The molecule has 226 valence electrons. The molecule has 0 radical (unpaired) electrons. The molecule has 0 saturated heterocycles. The number of rotatable bonds is 13. The summed E-state index contributed by atoms with van der Waals surface area (Å²) in [5.74, 6) is -0.355. The second kappa shape index (κ2) is 14.8. The summed E-state index contributed by atoms with van der Waals surface area (Å²) < 4.78 is 34.6. The molecule has 0 aliphatic rings. The summed E-state index contributed by atoms with van der Waals surface area (Å²) in [7, 11) is -4.18. The molecule has 3 aromatic carbocycles. The Morgan fingerprint density at radius 2 is 1.60 bits per heavy atom. The Bertz CT molecular complexity index is 1480. The molecular weight excluding hydrogens is 597 g/mol. The van der Waals surface area contributed by atoms with Gasteiger partial charge in [0, 0.05) is 22.6 Å². The number of benzene rings is 3. The van der Waals surface area contributed by atoms with Gasteiger partial charge in [-0.15, -0.1) is 0 Å². The molecule has 3 aromatic rings. The molecule has 3 rings (SSSR count). The zero-order chi connectivity index (χ0) is 31.0. The third-order valence-corrected chi connectivity index (χ3v) is 8.87. The van der Waals surface area contributed by atoms with Crippen LogP contribution in [0.25, 0.3) is 0 Å². The second-order valence-corrected chi connectivity index (χ2v) is 12.8. The van der Waals surface area contributed by atoms with E-state index in [-0.39, 0.29) is 29.1 Å². The van der Waals surface area contributed by atoms with Crippen molar-refractivity contribution in [1.82, 2.24) is 10.2 Å². The summed E-state index contributed by atoms with van der Waals surface area (Å²) in [5, 5.41) is 3.63. The fourth-order valence-electron chi connectivity index (χ4n) is 4.38. The van der Waals surface area contributed by atoms with Gasteiger partial charge in [0.15, 0.2) is 0 Å². The van der Waals surface area contributed by atoms with Crippen molar-refractivity contribution >= 4 is 50.7 Å². The standard InChI is InChI=1S/C31H37Cl2N3O5S/c1-6-29(31(38)34-21(3)4)35(19-23-10-11-24(32)18-28(23)33)30(37)20-36(25-12-14-26(15-13-25)41-7-2)42(39,40)27-16-8-22(5)9-17-27/h8-18,21,29H,6-7,19-20H2,1-5H3,(H,34,38). The van der Waals surface area contributed by atoms with E-state index >= 15 is 0 Å². The van der Waals surface area contributed by atoms with Crippen molar-refractivity contribution in [3.63, 3.8) is 0 Å². The molecule has 0 saturated carbocycles. The molecule has 42 heavy (non-hydrogen) atoms. The Morgan fingerprint density at radius 3 is 2.14 bits per heavy atom. The minimum atomic E-state index is -4.18. The van der Waals surface area contributed by atoms with Crippen molar-refractivity contribution in [2.75, 3.05) is 17.5 Å². The lowest BCUT2D eigenvalue weighted by molar-refractivity contribution is -0.140. The maximum absolute atomic E-state index is 14.1. The van der Waals surface area contributed by atoms with E-state index in [4.69, 9.17) is 27.9 Å². The summed E-state index contributed by atoms with van der Waals surface area (Å²) in [5.41, 5.74) is 1.74. The average Bonchev–Trinajstić information content (AvgIpc) is 2.93. The summed E-state index contributed by atoms with van der Waals surface area (Å²) in [4.78, 5) is 28.8. The van der Waals surface area contributed by atoms with E-state index in [2.05, 4.69) is 5.32 Å². The van der Waals surface area contributed by atoms with Gasteiger partial charge in [-0.1, -0.05) is 53.9 Å². The van der Waals surface area contributed by atoms with Crippen LogP contribution in [0.15, 0.2) is 71.6 Å². The number of anilines is 1. The lowest BCUT2D eigenvalue weighted by atomic mass is 10.1. The van der Waals surface area contributed by atoms with Crippen molar-refractivity contribution < 1.29 is 22.7 Å². The largest absolute Gasteiger partial charge is 0.494 e. The van der Waals surface area contributed by atoms with Crippen molar-refractivity contribution in [1.29, 1.82) is 0 Å². The van der Waals surface area contributed by atoms with Crippen molar-refractivity contribution in [3.8, 4) is 5.75 Å².